The number of anilines is 1. The number of hydrogen-bond acceptors (Lipinski definition) is 2. The van der Waals surface area contributed by atoms with Crippen molar-refractivity contribution in [1.29, 1.82) is 0 Å². The van der Waals surface area contributed by atoms with Crippen LogP contribution in [0.5, 0.6) is 0 Å². The Morgan fingerprint density at radius 3 is 2.35 bits per heavy atom. The predicted octanol–water partition coefficient (Wildman–Crippen LogP) is 4.03. The molecule has 2 aliphatic rings. The fourth-order valence-corrected chi connectivity index (χ4v) is 3.36. The Balaban J connectivity index is 0.000000704. The fraction of sp³-hybridized carbons (Fsp3) is 0.667. The maximum Gasteiger partial charge on any atom is 0.0366 e. The number of para-hydroxylation sites is 1. The molecule has 2 heteroatoms. The zero-order valence-electron chi connectivity index (χ0n) is 13.2. The molecular formula is C18H30N2. The van der Waals surface area contributed by atoms with Crippen LogP contribution in [0.25, 0.3) is 0 Å². The third-order valence-electron chi connectivity index (χ3n) is 4.37. The third kappa shape index (κ3) is 4.24. The zero-order valence-corrected chi connectivity index (χ0v) is 13.2. The summed E-state index contributed by atoms with van der Waals surface area (Å²) in [5.41, 5.74) is 1.40. The molecule has 0 saturated carbocycles. The van der Waals surface area contributed by atoms with Gasteiger partial charge in [0.1, 0.15) is 0 Å². The first kappa shape index (κ1) is 15.4. The van der Waals surface area contributed by atoms with Crippen molar-refractivity contribution in [3.8, 4) is 0 Å². The minimum atomic E-state index is 0.878. The molecule has 2 saturated heterocycles. The second-order valence-corrected chi connectivity index (χ2v) is 5.80. The van der Waals surface area contributed by atoms with E-state index in [0.29, 0.717) is 0 Å². The summed E-state index contributed by atoms with van der Waals surface area (Å²) in [5.74, 6) is 0.878. The maximum absolute atomic E-state index is 2.68. The molecule has 0 radical (unpaired) electrons. The first-order chi connectivity index (χ1) is 9.92. The van der Waals surface area contributed by atoms with Gasteiger partial charge in [-0.2, -0.15) is 0 Å². The lowest BCUT2D eigenvalue weighted by molar-refractivity contribution is 0.201. The van der Waals surface area contributed by atoms with Gasteiger partial charge in [-0.3, -0.25) is 0 Å². The summed E-state index contributed by atoms with van der Waals surface area (Å²) in [4.78, 5) is 5.23. The standard InChI is InChI=1S/C16H24N2.C2H6/c1-3-7-16(8-4-1)18-12-9-15(14-18)13-17-10-5-2-6-11-17;1-2/h1,3-4,7-8,15H,2,5-6,9-14H2;1-2H3. The minimum Gasteiger partial charge on any atom is -0.371 e. The topological polar surface area (TPSA) is 6.48 Å². The normalized spacial score (nSPS) is 23.3. The maximum atomic E-state index is 2.68. The van der Waals surface area contributed by atoms with Gasteiger partial charge in [0.15, 0.2) is 0 Å². The Bertz CT molecular complexity index is 357. The van der Waals surface area contributed by atoms with Gasteiger partial charge in [-0.05, 0) is 50.4 Å². The Hall–Kier alpha value is -1.02. The highest BCUT2D eigenvalue weighted by Gasteiger charge is 2.24. The van der Waals surface area contributed by atoms with Gasteiger partial charge < -0.3 is 9.80 Å². The van der Waals surface area contributed by atoms with Crippen LogP contribution in [-0.4, -0.2) is 37.6 Å². The molecule has 0 bridgehead atoms. The fourth-order valence-electron chi connectivity index (χ4n) is 3.36. The summed E-state index contributed by atoms with van der Waals surface area (Å²) >= 11 is 0. The number of benzene rings is 1. The van der Waals surface area contributed by atoms with Crippen LogP contribution in [0.4, 0.5) is 5.69 Å². The van der Waals surface area contributed by atoms with Gasteiger partial charge >= 0.3 is 0 Å². The molecule has 2 heterocycles. The van der Waals surface area contributed by atoms with Crippen LogP contribution in [0.2, 0.25) is 0 Å². The highest BCUT2D eigenvalue weighted by atomic mass is 15.2. The van der Waals surface area contributed by atoms with E-state index >= 15 is 0 Å². The van der Waals surface area contributed by atoms with Gasteiger partial charge in [-0.25, -0.2) is 0 Å². The Morgan fingerprint density at radius 1 is 0.950 bits per heavy atom. The van der Waals surface area contributed by atoms with Crippen molar-refractivity contribution in [3.05, 3.63) is 30.3 Å². The van der Waals surface area contributed by atoms with Crippen LogP contribution >= 0.6 is 0 Å². The second-order valence-electron chi connectivity index (χ2n) is 5.80. The first-order valence-electron chi connectivity index (χ1n) is 8.44. The third-order valence-corrected chi connectivity index (χ3v) is 4.37. The molecule has 112 valence electrons. The minimum absolute atomic E-state index is 0.878. The Morgan fingerprint density at radius 2 is 1.65 bits per heavy atom. The smallest absolute Gasteiger partial charge is 0.0366 e. The molecule has 0 N–H and O–H groups in total. The second kappa shape index (κ2) is 8.31. The summed E-state index contributed by atoms with van der Waals surface area (Å²) in [6.45, 7) is 10.5. The van der Waals surface area contributed by atoms with E-state index < -0.39 is 0 Å². The van der Waals surface area contributed by atoms with E-state index in [-0.39, 0.29) is 0 Å². The molecule has 0 amide bonds. The van der Waals surface area contributed by atoms with Crippen molar-refractivity contribution in [2.24, 2.45) is 5.92 Å². The van der Waals surface area contributed by atoms with Crippen LogP contribution in [0.3, 0.4) is 0 Å². The van der Waals surface area contributed by atoms with Crippen molar-refractivity contribution >= 4 is 5.69 Å². The van der Waals surface area contributed by atoms with Crippen LogP contribution in [0.15, 0.2) is 30.3 Å². The Labute approximate surface area is 124 Å². The summed E-state index contributed by atoms with van der Waals surface area (Å²) in [5, 5.41) is 0. The van der Waals surface area contributed by atoms with Gasteiger partial charge in [0.05, 0.1) is 0 Å². The van der Waals surface area contributed by atoms with E-state index in [9.17, 15) is 0 Å². The largest absolute Gasteiger partial charge is 0.371 e. The van der Waals surface area contributed by atoms with Crippen molar-refractivity contribution in [2.75, 3.05) is 37.6 Å². The molecular weight excluding hydrogens is 244 g/mol. The summed E-state index contributed by atoms with van der Waals surface area (Å²) in [6, 6.07) is 10.9. The number of nitrogens with zero attached hydrogens (tertiary/aromatic N) is 2. The average Bonchev–Trinajstić information content (AvgIpc) is 3.00. The van der Waals surface area contributed by atoms with Crippen LogP contribution < -0.4 is 4.90 Å². The van der Waals surface area contributed by atoms with Crippen LogP contribution in [-0.2, 0) is 0 Å². The van der Waals surface area contributed by atoms with Crippen molar-refractivity contribution in [1.82, 2.24) is 4.90 Å². The van der Waals surface area contributed by atoms with Crippen molar-refractivity contribution < 1.29 is 0 Å². The van der Waals surface area contributed by atoms with E-state index in [0.717, 1.165) is 5.92 Å². The molecule has 20 heavy (non-hydrogen) atoms. The summed E-state index contributed by atoms with van der Waals surface area (Å²) in [7, 11) is 0. The van der Waals surface area contributed by atoms with E-state index in [1.165, 1.54) is 64.1 Å². The van der Waals surface area contributed by atoms with Crippen LogP contribution in [0.1, 0.15) is 39.5 Å². The molecule has 1 unspecified atom stereocenters. The SMILES string of the molecule is CC.c1ccc(N2CCC(CN3CCCCC3)C2)cc1. The quantitative estimate of drug-likeness (QED) is 0.821. The van der Waals surface area contributed by atoms with Gasteiger partial charge in [-0.1, -0.05) is 38.5 Å². The van der Waals surface area contributed by atoms with Crippen molar-refractivity contribution in [3.63, 3.8) is 0 Å². The number of piperidine rings is 1. The molecule has 2 fully saturated rings. The highest BCUT2D eigenvalue weighted by Crippen LogP contribution is 2.24. The lowest BCUT2D eigenvalue weighted by Crippen LogP contribution is -2.35. The van der Waals surface area contributed by atoms with Gasteiger partial charge in [0, 0.05) is 25.3 Å². The molecule has 1 aromatic carbocycles. The average molecular weight is 274 g/mol. The number of rotatable bonds is 3. The molecule has 2 aliphatic heterocycles. The number of hydrogen-bond donors (Lipinski definition) is 0. The van der Waals surface area contributed by atoms with E-state index in [1.54, 1.807) is 0 Å². The van der Waals surface area contributed by atoms with Gasteiger partial charge in [0.25, 0.3) is 0 Å². The molecule has 0 spiro atoms. The summed E-state index contributed by atoms with van der Waals surface area (Å²) in [6.07, 6.45) is 5.63. The highest BCUT2D eigenvalue weighted by molar-refractivity contribution is 5.46. The van der Waals surface area contributed by atoms with Crippen LogP contribution in [0, 0.1) is 5.92 Å². The molecule has 0 aliphatic carbocycles. The molecule has 1 atom stereocenters. The lowest BCUT2D eigenvalue weighted by Gasteiger charge is -2.29. The monoisotopic (exact) mass is 274 g/mol. The molecule has 1 aromatic rings. The van der Waals surface area contributed by atoms with Gasteiger partial charge in [-0.15, -0.1) is 0 Å². The first-order valence-corrected chi connectivity index (χ1v) is 8.44. The summed E-state index contributed by atoms with van der Waals surface area (Å²) < 4.78 is 0. The molecule has 0 aromatic heterocycles. The number of likely N-dealkylation sites (tertiary alicyclic amines) is 1. The Kier molecular flexibility index (Phi) is 6.38. The molecule has 2 nitrogen and oxygen atoms in total. The van der Waals surface area contributed by atoms with E-state index in [4.69, 9.17) is 0 Å². The van der Waals surface area contributed by atoms with E-state index in [2.05, 4.69) is 40.1 Å². The van der Waals surface area contributed by atoms with E-state index in [1.807, 2.05) is 13.8 Å². The lowest BCUT2D eigenvalue weighted by atomic mass is 10.1. The van der Waals surface area contributed by atoms with Crippen molar-refractivity contribution in [2.45, 2.75) is 39.5 Å². The predicted molar refractivity (Wildman–Crippen MR) is 88.4 cm³/mol. The zero-order chi connectivity index (χ0) is 14.2. The van der Waals surface area contributed by atoms with Gasteiger partial charge in [0.2, 0.25) is 0 Å². The molecule has 3 rings (SSSR count).